The highest BCUT2D eigenvalue weighted by atomic mass is 32.2. The highest BCUT2D eigenvalue weighted by molar-refractivity contribution is 7.90. The van der Waals surface area contributed by atoms with E-state index in [1.165, 1.54) is 12.1 Å². The Morgan fingerprint density at radius 1 is 1.08 bits per heavy atom. The van der Waals surface area contributed by atoms with Gasteiger partial charge in [0.15, 0.2) is 15.5 Å². The van der Waals surface area contributed by atoms with Crippen molar-refractivity contribution in [3.05, 3.63) is 60.3 Å². The van der Waals surface area contributed by atoms with E-state index in [9.17, 15) is 13.2 Å². The number of carbonyl (C=O) groups is 1. The number of anilines is 1. The van der Waals surface area contributed by atoms with E-state index in [0.717, 1.165) is 23.2 Å². The molecule has 0 spiro atoms. The SMILES string of the molecule is CNc1ccc(-n2nc(C(N)=O)cc2-c2ccc(S(C)(=O)=O)cc2)cc1. The van der Waals surface area contributed by atoms with Gasteiger partial charge < -0.3 is 11.1 Å². The molecule has 2 aromatic carbocycles. The van der Waals surface area contributed by atoms with Crippen LogP contribution >= 0.6 is 0 Å². The third kappa shape index (κ3) is 3.45. The van der Waals surface area contributed by atoms with Gasteiger partial charge in [-0.05, 0) is 42.5 Å². The molecule has 0 fully saturated rings. The lowest BCUT2D eigenvalue weighted by Crippen LogP contribution is -2.12. The Morgan fingerprint density at radius 3 is 2.19 bits per heavy atom. The summed E-state index contributed by atoms with van der Waals surface area (Å²) in [6.45, 7) is 0. The van der Waals surface area contributed by atoms with Gasteiger partial charge in [0.25, 0.3) is 5.91 Å². The molecule has 0 atom stereocenters. The van der Waals surface area contributed by atoms with E-state index >= 15 is 0 Å². The number of amides is 1. The molecule has 3 aromatic rings. The number of primary amides is 1. The van der Waals surface area contributed by atoms with E-state index < -0.39 is 15.7 Å². The Balaban J connectivity index is 2.12. The molecule has 0 radical (unpaired) electrons. The molecule has 1 heterocycles. The Kier molecular flexibility index (Phi) is 4.52. The fourth-order valence-electron chi connectivity index (χ4n) is 2.55. The predicted octanol–water partition coefficient (Wildman–Crippen LogP) is 2.08. The minimum absolute atomic E-state index is 0.130. The van der Waals surface area contributed by atoms with Crippen LogP contribution in [0.1, 0.15) is 10.5 Å². The van der Waals surface area contributed by atoms with Crippen molar-refractivity contribution >= 4 is 21.4 Å². The van der Waals surface area contributed by atoms with Crippen LogP contribution < -0.4 is 11.1 Å². The Morgan fingerprint density at radius 2 is 1.69 bits per heavy atom. The van der Waals surface area contributed by atoms with Crippen molar-refractivity contribution in [2.75, 3.05) is 18.6 Å². The maximum Gasteiger partial charge on any atom is 0.269 e. The number of hydrogen-bond donors (Lipinski definition) is 2. The van der Waals surface area contributed by atoms with Crippen molar-refractivity contribution < 1.29 is 13.2 Å². The van der Waals surface area contributed by atoms with Crippen LogP contribution in [0.25, 0.3) is 16.9 Å². The van der Waals surface area contributed by atoms with Gasteiger partial charge in [-0.2, -0.15) is 5.10 Å². The molecule has 0 aliphatic carbocycles. The van der Waals surface area contributed by atoms with Gasteiger partial charge in [0.1, 0.15) is 0 Å². The molecule has 3 N–H and O–H groups in total. The summed E-state index contributed by atoms with van der Waals surface area (Å²) in [6, 6.07) is 15.5. The number of carbonyl (C=O) groups excluding carboxylic acids is 1. The summed E-state index contributed by atoms with van der Waals surface area (Å²) in [5.74, 6) is -0.635. The third-order valence-electron chi connectivity index (χ3n) is 3.94. The van der Waals surface area contributed by atoms with E-state index in [2.05, 4.69) is 10.4 Å². The van der Waals surface area contributed by atoms with E-state index in [0.29, 0.717) is 5.69 Å². The zero-order valence-corrected chi connectivity index (χ0v) is 15.1. The third-order valence-corrected chi connectivity index (χ3v) is 5.07. The fourth-order valence-corrected chi connectivity index (χ4v) is 3.18. The first-order valence-electron chi connectivity index (χ1n) is 7.78. The smallest absolute Gasteiger partial charge is 0.269 e. The van der Waals surface area contributed by atoms with Crippen LogP contribution in [0.15, 0.2) is 59.5 Å². The molecular weight excluding hydrogens is 352 g/mol. The Hall–Kier alpha value is -3.13. The Bertz CT molecular complexity index is 1050. The maximum absolute atomic E-state index is 11.6. The van der Waals surface area contributed by atoms with Crippen molar-refractivity contribution in [3.63, 3.8) is 0 Å². The molecule has 0 saturated carbocycles. The van der Waals surface area contributed by atoms with Gasteiger partial charge in [-0.15, -0.1) is 0 Å². The van der Waals surface area contributed by atoms with Crippen LogP contribution in [-0.2, 0) is 9.84 Å². The molecule has 3 rings (SSSR count). The number of nitrogens with zero attached hydrogens (tertiary/aromatic N) is 2. The van der Waals surface area contributed by atoms with Crippen LogP contribution in [-0.4, -0.2) is 37.4 Å². The molecule has 26 heavy (non-hydrogen) atoms. The second kappa shape index (κ2) is 6.64. The quantitative estimate of drug-likeness (QED) is 0.715. The molecule has 0 aliphatic rings. The first-order chi connectivity index (χ1) is 12.3. The first kappa shape index (κ1) is 17.7. The van der Waals surface area contributed by atoms with Crippen molar-refractivity contribution in [1.82, 2.24) is 9.78 Å². The molecule has 134 valence electrons. The minimum Gasteiger partial charge on any atom is -0.388 e. The van der Waals surface area contributed by atoms with Crippen LogP contribution in [0.3, 0.4) is 0 Å². The van der Waals surface area contributed by atoms with E-state index in [4.69, 9.17) is 5.73 Å². The van der Waals surface area contributed by atoms with Crippen molar-refractivity contribution in [2.24, 2.45) is 5.73 Å². The van der Waals surface area contributed by atoms with Crippen molar-refractivity contribution in [2.45, 2.75) is 4.90 Å². The largest absolute Gasteiger partial charge is 0.388 e. The van der Waals surface area contributed by atoms with E-state index in [-0.39, 0.29) is 10.6 Å². The molecule has 1 amide bonds. The number of benzene rings is 2. The lowest BCUT2D eigenvalue weighted by atomic mass is 10.1. The average molecular weight is 370 g/mol. The van der Waals surface area contributed by atoms with Crippen LogP contribution in [0.2, 0.25) is 0 Å². The van der Waals surface area contributed by atoms with Crippen molar-refractivity contribution in [3.8, 4) is 16.9 Å². The molecule has 0 aliphatic heterocycles. The molecule has 0 saturated heterocycles. The molecule has 1 aromatic heterocycles. The monoisotopic (exact) mass is 370 g/mol. The summed E-state index contributed by atoms with van der Waals surface area (Å²) < 4.78 is 24.9. The fraction of sp³-hybridized carbons (Fsp3) is 0.111. The van der Waals surface area contributed by atoms with Gasteiger partial charge in [0.2, 0.25) is 0 Å². The zero-order valence-electron chi connectivity index (χ0n) is 14.3. The molecule has 0 unspecified atom stereocenters. The summed E-state index contributed by atoms with van der Waals surface area (Å²) >= 11 is 0. The maximum atomic E-state index is 11.6. The van der Waals surface area contributed by atoms with Gasteiger partial charge in [0.05, 0.1) is 16.3 Å². The zero-order chi connectivity index (χ0) is 18.9. The van der Waals surface area contributed by atoms with E-state index in [1.807, 2.05) is 31.3 Å². The lowest BCUT2D eigenvalue weighted by Gasteiger charge is -2.09. The summed E-state index contributed by atoms with van der Waals surface area (Å²) in [5.41, 5.74) is 8.55. The highest BCUT2D eigenvalue weighted by Crippen LogP contribution is 2.26. The summed E-state index contributed by atoms with van der Waals surface area (Å²) in [6.07, 6.45) is 1.15. The van der Waals surface area contributed by atoms with Gasteiger partial charge in [-0.3, -0.25) is 4.79 Å². The van der Waals surface area contributed by atoms with Crippen LogP contribution in [0.5, 0.6) is 0 Å². The van der Waals surface area contributed by atoms with Crippen LogP contribution in [0.4, 0.5) is 5.69 Å². The van der Waals surface area contributed by atoms with Crippen molar-refractivity contribution in [1.29, 1.82) is 0 Å². The number of aromatic nitrogens is 2. The van der Waals surface area contributed by atoms with Gasteiger partial charge in [-0.25, -0.2) is 13.1 Å². The second-order valence-electron chi connectivity index (χ2n) is 5.78. The summed E-state index contributed by atoms with van der Waals surface area (Å²) in [7, 11) is -1.46. The van der Waals surface area contributed by atoms with Gasteiger partial charge >= 0.3 is 0 Å². The minimum atomic E-state index is -3.28. The topological polar surface area (TPSA) is 107 Å². The van der Waals surface area contributed by atoms with E-state index in [1.54, 1.807) is 22.9 Å². The molecule has 7 nitrogen and oxygen atoms in total. The number of hydrogen-bond acceptors (Lipinski definition) is 5. The predicted molar refractivity (Wildman–Crippen MR) is 100 cm³/mol. The Labute approximate surface area is 151 Å². The summed E-state index contributed by atoms with van der Waals surface area (Å²) in [5, 5.41) is 7.32. The molecule has 8 heteroatoms. The highest BCUT2D eigenvalue weighted by Gasteiger charge is 2.16. The molecule has 0 bridgehead atoms. The second-order valence-corrected chi connectivity index (χ2v) is 7.80. The normalized spacial score (nSPS) is 11.3. The van der Waals surface area contributed by atoms with Gasteiger partial charge in [-0.1, -0.05) is 12.1 Å². The number of nitrogens with two attached hydrogens (primary N) is 1. The standard InChI is InChI=1S/C18H18N4O3S/c1-20-13-5-7-14(8-6-13)22-17(11-16(21-22)18(19)23)12-3-9-15(10-4-12)26(2,24)25/h3-11,20H,1-2H3,(H2,19,23). The molecular formula is C18H18N4O3S. The number of sulfone groups is 1. The van der Waals surface area contributed by atoms with Crippen LogP contribution in [0, 0.1) is 0 Å². The first-order valence-corrected chi connectivity index (χ1v) is 9.67. The average Bonchev–Trinajstić information content (AvgIpc) is 3.07. The lowest BCUT2D eigenvalue weighted by molar-refractivity contribution is 0.0995. The summed E-state index contributed by atoms with van der Waals surface area (Å²) in [4.78, 5) is 11.8. The number of nitrogens with one attached hydrogen (secondary N) is 1. The van der Waals surface area contributed by atoms with Gasteiger partial charge in [0, 0.05) is 24.6 Å². The number of rotatable bonds is 5.